The topological polar surface area (TPSA) is 78.9 Å². The molecule has 6 nitrogen and oxygen atoms in total. The fourth-order valence-electron chi connectivity index (χ4n) is 6.92. The minimum atomic E-state index is -0.836. The van der Waals surface area contributed by atoms with Crippen LogP contribution < -0.4 is 0 Å². The van der Waals surface area contributed by atoms with Crippen LogP contribution in [0.4, 0.5) is 0 Å². The Morgan fingerprint density at radius 3 is 1.08 bits per heavy atom. The van der Waals surface area contributed by atoms with Crippen molar-refractivity contribution >= 4 is 17.9 Å². The summed E-state index contributed by atoms with van der Waals surface area (Å²) in [5, 5.41) is 0. The van der Waals surface area contributed by atoms with E-state index < -0.39 is 12.1 Å². The average molecular weight is 889 g/mol. The van der Waals surface area contributed by atoms with Gasteiger partial charge in [0.05, 0.1) is 0 Å². The molecule has 0 heterocycles. The molecule has 0 fully saturated rings. The van der Waals surface area contributed by atoms with Crippen LogP contribution in [0.3, 0.4) is 0 Å². The van der Waals surface area contributed by atoms with Crippen molar-refractivity contribution < 1.29 is 28.6 Å². The zero-order valence-corrected chi connectivity index (χ0v) is 41.5. The van der Waals surface area contributed by atoms with E-state index in [1.165, 1.54) is 109 Å². The zero-order valence-electron chi connectivity index (χ0n) is 41.5. The number of hydrogen-bond donors (Lipinski definition) is 0. The smallest absolute Gasteiger partial charge is 0.306 e. The lowest BCUT2D eigenvalue weighted by Gasteiger charge is -2.18. The Balaban J connectivity index is 4.57. The van der Waals surface area contributed by atoms with Gasteiger partial charge in [0.15, 0.2) is 6.10 Å². The van der Waals surface area contributed by atoms with Gasteiger partial charge in [0.1, 0.15) is 13.2 Å². The molecule has 64 heavy (non-hydrogen) atoms. The molecule has 0 aliphatic carbocycles. The highest BCUT2D eigenvalue weighted by atomic mass is 16.6. The molecule has 0 aromatic rings. The number of esters is 3. The number of carbonyl (C=O) groups is 3. The Labute approximate surface area is 394 Å². The summed E-state index contributed by atoms with van der Waals surface area (Å²) < 4.78 is 16.7. The number of unbranched alkanes of at least 4 members (excludes halogenated alkanes) is 19. The van der Waals surface area contributed by atoms with Gasteiger partial charge >= 0.3 is 17.9 Å². The van der Waals surface area contributed by atoms with E-state index in [0.717, 1.165) is 70.6 Å². The highest BCUT2D eigenvalue weighted by Crippen LogP contribution is 2.14. The summed E-state index contributed by atoms with van der Waals surface area (Å²) in [4.78, 5) is 37.9. The Bertz CT molecular complexity index is 1300. The third kappa shape index (κ3) is 49.3. The second kappa shape index (κ2) is 52.0. The first-order valence-corrected chi connectivity index (χ1v) is 26.2. The molecule has 0 N–H and O–H groups in total. The zero-order chi connectivity index (χ0) is 46.5. The summed E-state index contributed by atoms with van der Waals surface area (Å²) in [5.41, 5.74) is 0. The molecule has 0 aliphatic heterocycles. The van der Waals surface area contributed by atoms with E-state index in [-0.39, 0.29) is 38.0 Å². The summed E-state index contributed by atoms with van der Waals surface area (Å²) in [6.45, 7) is 6.40. The van der Waals surface area contributed by atoms with Gasteiger partial charge in [0.2, 0.25) is 0 Å². The van der Waals surface area contributed by atoms with Gasteiger partial charge in [-0.25, -0.2) is 0 Å². The maximum Gasteiger partial charge on any atom is 0.306 e. The maximum atomic E-state index is 12.8. The lowest BCUT2D eigenvalue weighted by molar-refractivity contribution is -0.166. The molecule has 0 bridgehead atoms. The summed E-state index contributed by atoms with van der Waals surface area (Å²) >= 11 is 0. The monoisotopic (exact) mass is 889 g/mol. The number of rotatable bonds is 46. The Morgan fingerprint density at radius 1 is 0.328 bits per heavy atom. The standard InChI is InChI=1S/C58H96O6/c1-4-7-10-13-16-19-22-25-27-29-31-33-36-39-42-45-48-51-57(60)63-54-55(53-62-56(59)50-47-44-41-38-35-32-24-21-18-15-12-9-6-3)64-58(61)52-49-46-43-40-37-34-30-28-26-23-20-17-14-11-8-5-2/h8,11,17,20,25-28,31,33-34,37,39,42-43,46,55H,4-7,9-10,12-16,18-19,21-24,29-30,32,35-36,38,40-41,44-45,47-54H2,1-3H3/b11-8-,20-17-,27-25-,28-26-,33-31-,37-34-,42-39-,46-43-. The normalized spacial score (nSPS) is 12.9. The van der Waals surface area contributed by atoms with Crippen molar-refractivity contribution in [2.24, 2.45) is 0 Å². The minimum Gasteiger partial charge on any atom is -0.462 e. The predicted octanol–water partition coefficient (Wildman–Crippen LogP) is 17.4. The van der Waals surface area contributed by atoms with Crippen LogP contribution in [0.15, 0.2) is 97.2 Å². The number of hydrogen-bond acceptors (Lipinski definition) is 6. The van der Waals surface area contributed by atoms with Gasteiger partial charge in [-0.1, -0.05) is 227 Å². The van der Waals surface area contributed by atoms with E-state index in [0.29, 0.717) is 19.3 Å². The third-order valence-electron chi connectivity index (χ3n) is 10.8. The van der Waals surface area contributed by atoms with Crippen molar-refractivity contribution in [3.05, 3.63) is 97.2 Å². The van der Waals surface area contributed by atoms with Crippen molar-refractivity contribution in [2.75, 3.05) is 13.2 Å². The summed E-state index contributed by atoms with van der Waals surface area (Å²) in [6.07, 6.45) is 68.4. The highest BCUT2D eigenvalue weighted by molar-refractivity contribution is 5.71. The number of carbonyl (C=O) groups excluding carboxylic acids is 3. The molecule has 0 rings (SSSR count). The van der Waals surface area contributed by atoms with Crippen molar-refractivity contribution in [2.45, 2.75) is 239 Å². The van der Waals surface area contributed by atoms with Crippen LogP contribution in [0, 0.1) is 0 Å². The van der Waals surface area contributed by atoms with Crippen LogP contribution in [0.1, 0.15) is 233 Å². The molecule has 364 valence electrons. The summed E-state index contributed by atoms with van der Waals surface area (Å²) in [7, 11) is 0. The molecule has 0 aromatic heterocycles. The van der Waals surface area contributed by atoms with Gasteiger partial charge in [-0.2, -0.15) is 0 Å². The summed E-state index contributed by atoms with van der Waals surface area (Å²) in [6, 6.07) is 0. The van der Waals surface area contributed by atoms with Gasteiger partial charge in [-0.05, 0) is 83.5 Å². The second-order valence-corrected chi connectivity index (χ2v) is 17.1. The molecule has 0 aromatic carbocycles. The molecular formula is C58H96O6. The van der Waals surface area contributed by atoms with E-state index >= 15 is 0 Å². The van der Waals surface area contributed by atoms with Crippen LogP contribution in [0.25, 0.3) is 0 Å². The fraction of sp³-hybridized carbons (Fsp3) is 0.672. The van der Waals surface area contributed by atoms with E-state index in [9.17, 15) is 14.4 Å². The third-order valence-corrected chi connectivity index (χ3v) is 10.8. The second-order valence-electron chi connectivity index (χ2n) is 17.1. The van der Waals surface area contributed by atoms with Gasteiger partial charge in [0.25, 0.3) is 0 Å². The van der Waals surface area contributed by atoms with Crippen LogP contribution in [-0.4, -0.2) is 37.2 Å². The van der Waals surface area contributed by atoms with Crippen LogP contribution in [0.2, 0.25) is 0 Å². The first-order valence-electron chi connectivity index (χ1n) is 26.2. The molecule has 0 radical (unpaired) electrons. The van der Waals surface area contributed by atoms with E-state index in [2.05, 4.69) is 106 Å². The Morgan fingerprint density at radius 2 is 0.656 bits per heavy atom. The highest BCUT2D eigenvalue weighted by Gasteiger charge is 2.19. The molecule has 0 saturated carbocycles. The number of allylic oxidation sites excluding steroid dienone is 16. The quantitative estimate of drug-likeness (QED) is 0.0262. The van der Waals surface area contributed by atoms with Gasteiger partial charge in [-0.3, -0.25) is 14.4 Å². The molecule has 0 aliphatic rings. The molecule has 6 heteroatoms. The van der Waals surface area contributed by atoms with Crippen LogP contribution in [0.5, 0.6) is 0 Å². The molecule has 1 unspecified atom stereocenters. The molecular weight excluding hydrogens is 793 g/mol. The van der Waals surface area contributed by atoms with E-state index in [4.69, 9.17) is 14.2 Å². The average Bonchev–Trinajstić information content (AvgIpc) is 3.29. The van der Waals surface area contributed by atoms with E-state index in [1.54, 1.807) is 0 Å². The van der Waals surface area contributed by atoms with Crippen molar-refractivity contribution in [3.8, 4) is 0 Å². The molecule has 0 saturated heterocycles. The molecule has 0 spiro atoms. The SMILES string of the molecule is CC/C=C\C/C=C\C/C=C\C/C=C\C/C=C\CCC(=O)OC(COC(=O)CCC/C=C\C/C=C\C/C=C\CCCCCCCC)COC(=O)CCCCCCCCCCCCCCC. The van der Waals surface area contributed by atoms with Crippen LogP contribution in [-0.2, 0) is 28.6 Å². The largest absolute Gasteiger partial charge is 0.462 e. The summed E-state index contributed by atoms with van der Waals surface area (Å²) in [5.74, 6) is -1.06. The van der Waals surface area contributed by atoms with Gasteiger partial charge in [-0.15, -0.1) is 0 Å². The Kier molecular flexibility index (Phi) is 49.0. The fourth-order valence-corrected chi connectivity index (χ4v) is 6.92. The van der Waals surface area contributed by atoms with Crippen molar-refractivity contribution in [1.29, 1.82) is 0 Å². The minimum absolute atomic E-state index is 0.122. The molecule has 1 atom stereocenters. The predicted molar refractivity (Wildman–Crippen MR) is 274 cm³/mol. The van der Waals surface area contributed by atoms with Gasteiger partial charge in [0, 0.05) is 19.3 Å². The van der Waals surface area contributed by atoms with Gasteiger partial charge < -0.3 is 14.2 Å². The first kappa shape index (κ1) is 60.3. The lowest BCUT2D eigenvalue weighted by Crippen LogP contribution is -2.30. The molecule has 0 amide bonds. The first-order chi connectivity index (χ1) is 31.5. The number of ether oxygens (including phenoxy) is 3. The van der Waals surface area contributed by atoms with Crippen molar-refractivity contribution in [1.82, 2.24) is 0 Å². The van der Waals surface area contributed by atoms with E-state index in [1.807, 2.05) is 12.2 Å². The maximum absolute atomic E-state index is 12.8. The lowest BCUT2D eigenvalue weighted by atomic mass is 10.0. The van der Waals surface area contributed by atoms with Crippen LogP contribution >= 0.6 is 0 Å². The van der Waals surface area contributed by atoms with Crippen molar-refractivity contribution in [3.63, 3.8) is 0 Å². The Hall–Kier alpha value is -3.67.